The van der Waals surface area contributed by atoms with Crippen LogP contribution in [0.4, 0.5) is 0 Å². The van der Waals surface area contributed by atoms with E-state index in [2.05, 4.69) is 15.8 Å². The number of hydrogen-bond acceptors (Lipinski definition) is 6. The third kappa shape index (κ3) is 6.77. The van der Waals surface area contributed by atoms with E-state index in [1.165, 1.54) is 20.2 Å². The predicted molar refractivity (Wildman–Crippen MR) is 128 cm³/mol. The second-order valence-corrected chi connectivity index (χ2v) is 7.27. The molecule has 3 aromatic carbocycles. The number of carbonyl (C=O) groups excluding carboxylic acids is 3. The molecule has 0 heterocycles. The molecule has 174 valence electrons. The second-order valence-electron chi connectivity index (χ2n) is 7.27. The number of nitrogens with zero attached hydrogens (tertiary/aromatic N) is 1. The molecular formula is C26H25N3O5. The summed E-state index contributed by atoms with van der Waals surface area (Å²) in [6.45, 7) is 1.06. The van der Waals surface area contributed by atoms with Gasteiger partial charge in [0.15, 0.2) is 11.5 Å². The Morgan fingerprint density at radius 2 is 1.53 bits per heavy atom. The quantitative estimate of drug-likeness (QED) is 0.221. The van der Waals surface area contributed by atoms with Gasteiger partial charge in [-0.15, -0.1) is 0 Å². The number of nitrogens with one attached hydrogen (secondary N) is 2. The molecule has 0 saturated carbocycles. The summed E-state index contributed by atoms with van der Waals surface area (Å²) in [5.41, 5.74) is 4.65. The van der Waals surface area contributed by atoms with Crippen LogP contribution in [0.25, 0.3) is 0 Å². The van der Waals surface area contributed by atoms with Crippen LogP contribution in [-0.4, -0.2) is 37.7 Å². The molecule has 3 rings (SSSR count). The molecule has 34 heavy (non-hydrogen) atoms. The summed E-state index contributed by atoms with van der Waals surface area (Å²) in [6.07, 6.45) is 1.41. The number of hydrogen-bond donors (Lipinski definition) is 2. The number of esters is 1. The molecule has 2 amide bonds. The lowest BCUT2D eigenvalue weighted by molar-refractivity contribution is -0.132. The third-order valence-electron chi connectivity index (χ3n) is 4.80. The SMILES string of the molecule is COc1cc(C=NNC(=O)CNC(=O)C(c2ccccc2)c2ccccc2)ccc1OC(C)=O. The fourth-order valence-electron chi connectivity index (χ4n) is 3.28. The van der Waals surface area contributed by atoms with E-state index in [0.717, 1.165) is 11.1 Å². The molecule has 0 aliphatic heterocycles. The molecule has 0 fully saturated rings. The molecule has 8 heteroatoms. The number of methoxy groups -OCH3 is 1. The summed E-state index contributed by atoms with van der Waals surface area (Å²) >= 11 is 0. The lowest BCUT2D eigenvalue weighted by atomic mass is 9.90. The number of carbonyl (C=O) groups is 3. The van der Waals surface area contributed by atoms with E-state index in [1.54, 1.807) is 18.2 Å². The molecule has 0 spiro atoms. The van der Waals surface area contributed by atoms with Crippen molar-refractivity contribution in [1.29, 1.82) is 0 Å². The summed E-state index contributed by atoms with van der Waals surface area (Å²) in [7, 11) is 1.45. The van der Waals surface area contributed by atoms with E-state index in [0.29, 0.717) is 11.3 Å². The van der Waals surface area contributed by atoms with Crippen LogP contribution in [0.3, 0.4) is 0 Å². The van der Waals surface area contributed by atoms with Gasteiger partial charge in [0.05, 0.1) is 25.8 Å². The molecule has 0 bridgehead atoms. The number of benzene rings is 3. The Bertz CT molecular complexity index is 1120. The van der Waals surface area contributed by atoms with E-state index in [9.17, 15) is 14.4 Å². The van der Waals surface area contributed by atoms with Gasteiger partial charge in [0.2, 0.25) is 5.91 Å². The molecule has 0 aliphatic rings. The van der Waals surface area contributed by atoms with Gasteiger partial charge in [0.25, 0.3) is 5.91 Å². The van der Waals surface area contributed by atoms with E-state index in [-0.39, 0.29) is 18.2 Å². The van der Waals surface area contributed by atoms with Gasteiger partial charge in [-0.25, -0.2) is 5.43 Å². The van der Waals surface area contributed by atoms with Crippen LogP contribution in [0.5, 0.6) is 11.5 Å². The van der Waals surface area contributed by atoms with Gasteiger partial charge in [-0.1, -0.05) is 60.7 Å². The minimum absolute atomic E-state index is 0.235. The zero-order chi connectivity index (χ0) is 24.3. The van der Waals surface area contributed by atoms with Crippen molar-refractivity contribution in [2.24, 2.45) is 5.10 Å². The summed E-state index contributed by atoms with van der Waals surface area (Å²) in [6, 6.07) is 23.6. The van der Waals surface area contributed by atoms with E-state index in [4.69, 9.17) is 9.47 Å². The number of hydrazone groups is 1. The molecule has 0 unspecified atom stereocenters. The first-order valence-corrected chi connectivity index (χ1v) is 10.5. The van der Waals surface area contributed by atoms with Crippen molar-refractivity contribution in [3.05, 3.63) is 95.6 Å². The fourth-order valence-corrected chi connectivity index (χ4v) is 3.28. The first kappa shape index (κ1) is 24.2. The lowest BCUT2D eigenvalue weighted by Crippen LogP contribution is -2.37. The zero-order valence-corrected chi connectivity index (χ0v) is 18.9. The molecule has 0 atom stereocenters. The van der Waals surface area contributed by atoms with Crippen molar-refractivity contribution >= 4 is 24.0 Å². The normalized spacial score (nSPS) is 10.7. The number of amides is 2. The summed E-state index contributed by atoms with van der Waals surface area (Å²) in [5.74, 6) is -1.14. The number of rotatable bonds is 9. The lowest BCUT2D eigenvalue weighted by Gasteiger charge is -2.17. The van der Waals surface area contributed by atoms with Crippen molar-refractivity contribution in [3.63, 3.8) is 0 Å². The highest BCUT2D eigenvalue weighted by Crippen LogP contribution is 2.27. The van der Waals surface area contributed by atoms with Gasteiger partial charge in [0, 0.05) is 6.92 Å². The molecule has 2 N–H and O–H groups in total. The third-order valence-corrected chi connectivity index (χ3v) is 4.80. The average molecular weight is 460 g/mol. The van der Waals surface area contributed by atoms with Crippen molar-refractivity contribution in [2.75, 3.05) is 13.7 Å². The molecule has 3 aromatic rings. The largest absolute Gasteiger partial charge is 0.493 e. The molecule has 8 nitrogen and oxygen atoms in total. The van der Waals surface area contributed by atoms with Gasteiger partial charge in [-0.05, 0) is 34.9 Å². The topological polar surface area (TPSA) is 106 Å². The fraction of sp³-hybridized carbons (Fsp3) is 0.154. The Balaban J connectivity index is 1.59. The van der Waals surface area contributed by atoms with E-state index in [1.807, 2.05) is 60.7 Å². The Hall–Kier alpha value is -4.46. The van der Waals surface area contributed by atoms with Gasteiger partial charge >= 0.3 is 5.97 Å². The molecule has 0 radical (unpaired) electrons. The maximum atomic E-state index is 12.9. The van der Waals surface area contributed by atoms with Gasteiger partial charge in [-0.2, -0.15) is 5.10 Å². The van der Waals surface area contributed by atoms with Crippen LogP contribution in [0.15, 0.2) is 84.0 Å². The minimum atomic E-state index is -0.540. The van der Waals surface area contributed by atoms with Crippen LogP contribution < -0.4 is 20.2 Å². The standard InChI is InChI=1S/C26H25N3O5/c1-18(30)34-22-14-13-19(15-23(22)33-2)16-28-29-24(31)17-27-26(32)25(20-9-5-3-6-10-20)21-11-7-4-8-12-21/h3-16,25H,17H2,1-2H3,(H,27,32)(H,29,31). The second kappa shape index (κ2) is 12.0. The summed E-state index contributed by atoms with van der Waals surface area (Å²) in [4.78, 5) is 36.3. The average Bonchev–Trinajstić information content (AvgIpc) is 2.85. The van der Waals surface area contributed by atoms with Crippen molar-refractivity contribution < 1.29 is 23.9 Å². The van der Waals surface area contributed by atoms with Crippen molar-refractivity contribution in [1.82, 2.24) is 10.7 Å². The smallest absolute Gasteiger partial charge is 0.308 e. The summed E-state index contributed by atoms with van der Waals surface area (Å²) < 4.78 is 10.3. The highest BCUT2D eigenvalue weighted by atomic mass is 16.6. The molecule has 0 aromatic heterocycles. The van der Waals surface area contributed by atoms with Gasteiger partial charge in [0.1, 0.15) is 0 Å². The van der Waals surface area contributed by atoms with Crippen LogP contribution in [0.2, 0.25) is 0 Å². The zero-order valence-electron chi connectivity index (χ0n) is 18.9. The van der Waals surface area contributed by atoms with Crippen molar-refractivity contribution in [2.45, 2.75) is 12.8 Å². The van der Waals surface area contributed by atoms with Gasteiger partial charge in [-0.3, -0.25) is 14.4 Å². The summed E-state index contributed by atoms with van der Waals surface area (Å²) in [5, 5.41) is 6.59. The molecule has 0 aliphatic carbocycles. The highest BCUT2D eigenvalue weighted by Gasteiger charge is 2.22. The Morgan fingerprint density at radius 1 is 0.912 bits per heavy atom. The van der Waals surface area contributed by atoms with Crippen LogP contribution >= 0.6 is 0 Å². The predicted octanol–water partition coefficient (Wildman–Crippen LogP) is 3.02. The highest BCUT2D eigenvalue weighted by molar-refractivity contribution is 5.91. The van der Waals surface area contributed by atoms with Crippen LogP contribution in [-0.2, 0) is 14.4 Å². The van der Waals surface area contributed by atoms with Crippen LogP contribution in [0.1, 0.15) is 29.5 Å². The Kier molecular flexibility index (Phi) is 8.51. The number of ether oxygens (including phenoxy) is 2. The van der Waals surface area contributed by atoms with E-state index >= 15 is 0 Å². The molecular weight excluding hydrogens is 434 g/mol. The van der Waals surface area contributed by atoms with Crippen LogP contribution in [0, 0.1) is 0 Å². The van der Waals surface area contributed by atoms with E-state index < -0.39 is 17.8 Å². The minimum Gasteiger partial charge on any atom is -0.493 e. The first-order valence-electron chi connectivity index (χ1n) is 10.5. The Labute approximate surface area is 197 Å². The first-order chi connectivity index (χ1) is 16.5. The monoisotopic (exact) mass is 459 g/mol. The maximum Gasteiger partial charge on any atom is 0.308 e. The maximum absolute atomic E-state index is 12.9. The Morgan fingerprint density at radius 3 is 2.09 bits per heavy atom. The van der Waals surface area contributed by atoms with Gasteiger partial charge < -0.3 is 14.8 Å². The molecule has 0 saturated heterocycles. The van der Waals surface area contributed by atoms with Crippen molar-refractivity contribution in [3.8, 4) is 11.5 Å².